The van der Waals surface area contributed by atoms with Crippen molar-refractivity contribution in [3.05, 3.63) is 35.9 Å². The molecule has 1 aliphatic heterocycles. The molecule has 0 bridgehead atoms. The zero-order valence-electron chi connectivity index (χ0n) is 13.9. The van der Waals surface area contributed by atoms with E-state index in [0.717, 1.165) is 31.3 Å². The average Bonchev–Trinajstić information content (AvgIpc) is 3.04. The van der Waals surface area contributed by atoms with Crippen molar-refractivity contribution in [2.75, 3.05) is 31.6 Å². The smallest absolute Gasteiger partial charge is 0.147 e. The normalized spacial score (nSPS) is 28.1. The van der Waals surface area contributed by atoms with Gasteiger partial charge in [0, 0.05) is 31.9 Å². The summed E-state index contributed by atoms with van der Waals surface area (Å²) in [6.45, 7) is 4.25. The van der Waals surface area contributed by atoms with Crippen LogP contribution in [0.5, 0.6) is 0 Å². The van der Waals surface area contributed by atoms with E-state index in [1.54, 1.807) is 0 Å². The topological polar surface area (TPSA) is 49.4 Å². The van der Waals surface area contributed by atoms with Crippen molar-refractivity contribution in [2.45, 2.75) is 31.8 Å². The van der Waals surface area contributed by atoms with E-state index in [9.17, 15) is 8.42 Å². The van der Waals surface area contributed by atoms with Crippen molar-refractivity contribution in [1.29, 1.82) is 0 Å². The van der Waals surface area contributed by atoms with E-state index in [2.05, 4.69) is 40.5 Å². The fourth-order valence-corrected chi connectivity index (χ4v) is 4.87. The molecule has 0 amide bonds. The minimum Gasteiger partial charge on any atom is -0.314 e. The zero-order valence-corrected chi connectivity index (χ0v) is 14.8. The van der Waals surface area contributed by atoms with Crippen LogP contribution in [0.25, 0.3) is 0 Å². The van der Waals surface area contributed by atoms with Gasteiger partial charge in [0.2, 0.25) is 0 Å². The second-order valence-corrected chi connectivity index (χ2v) is 9.48. The fourth-order valence-electron chi connectivity index (χ4n) is 4.20. The van der Waals surface area contributed by atoms with Gasteiger partial charge in [0.1, 0.15) is 9.84 Å². The highest BCUT2D eigenvalue weighted by molar-refractivity contribution is 7.90. The molecule has 0 spiro atoms. The molecule has 1 heterocycles. The first-order valence-electron chi connectivity index (χ1n) is 8.69. The van der Waals surface area contributed by atoms with E-state index in [0.29, 0.717) is 11.8 Å². The molecule has 3 atom stereocenters. The maximum atomic E-state index is 11.2. The van der Waals surface area contributed by atoms with E-state index < -0.39 is 9.84 Å². The molecule has 23 heavy (non-hydrogen) atoms. The third kappa shape index (κ3) is 4.78. The Balaban J connectivity index is 1.45. The Kier molecular flexibility index (Phi) is 5.39. The van der Waals surface area contributed by atoms with Crippen LogP contribution in [0, 0.1) is 11.8 Å². The lowest BCUT2D eigenvalue weighted by Gasteiger charge is -2.22. The summed E-state index contributed by atoms with van der Waals surface area (Å²) in [6, 6.07) is 11.3. The van der Waals surface area contributed by atoms with Gasteiger partial charge in [0.25, 0.3) is 0 Å². The molecule has 128 valence electrons. The molecule has 5 heteroatoms. The number of nitrogens with zero attached hydrogens (tertiary/aromatic N) is 1. The lowest BCUT2D eigenvalue weighted by Crippen LogP contribution is -2.36. The van der Waals surface area contributed by atoms with Crippen LogP contribution in [0.2, 0.25) is 0 Å². The van der Waals surface area contributed by atoms with Crippen molar-refractivity contribution < 1.29 is 8.42 Å². The molecule has 0 unspecified atom stereocenters. The molecule has 1 saturated heterocycles. The molecule has 0 aromatic heterocycles. The van der Waals surface area contributed by atoms with Crippen LogP contribution < -0.4 is 5.32 Å². The minimum absolute atomic E-state index is 0.293. The average molecular weight is 337 g/mol. The monoisotopic (exact) mass is 336 g/mol. The number of rotatable bonds is 7. The summed E-state index contributed by atoms with van der Waals surface area (Å²) >= 11 is 0. The molecule has 1 aromatic carbocycles. The van der Waals surface area contributed by atoms with Gasteiger partial charge in [-0.05, 0) is 43.2 Å². The van der Waals surface area contributed by atoms with Gasteiger partial charge in [-0.1, -0.05) is 30.3 Å². The van der Waals surface area contributed by atoms with Gasteiger partial charge in [0.05, 0.1) is 5.75 Å². The van der Waals surface area contributed by atoms with Crippen LogP contribution in [-0.2, 0) is 16.4 Å². The first-order chi connectivity index (χ1) is 11.0. The van der Waals surface area contributed by atoms with Gasteiger partial charge in [-0.2, -0.15) is 0 Å². The Morgan fingerprint density at radius 1 is 1.17 bits per heavy atom. The summed E-state index contributed by atoms with van der Waals surface area (Å²) in [5.74, 6) is 1.84. The van der Waals surface area contributed by atoms with Crippen LogP contribution in [0.3, 0.4) is 0 Å². The van der Waals surface area contributed by atoms with Crippen LogP contribution in [0.1, 0.15) is 24.8 Å². The highest BCUT2D eigenvalue weighted by Crippen LogP contribution is 2.38. The summed E-state index contributed by atoms with van der Waals surface area (Å²) in [6.07, 6.45) is 4.59. The quantitative estimate of drug-likeness (QED) is 0.773. The standard InChI is InChI=1S/C18H28N2O2S/c1-23(21,22)11-5-10-19-18-9-8-16-13-20(14-17(16)18)12-15-6-3-2-4-7-15/h2-4,6-7,16-19H,5,8-14H2,1H3/t16-,17-,18-/m1/s1. The van der Waals surface area contributed by atoms with Gasteiger partial charge >= 0.3 is 0 Å². The molecule has 2 aliphatic rings. The number of fused-ring (bicyclic) bond motifs is 1. The third-order valence-electron chi connectivity index (χ3n) is 5.28. The second-order valence-electron chi connectivity index (χ2n) is 7.23. The molecule has 1 aromatic rings. The maximum Gasteiger partial charge on any atom is 0.147 e. The van der Waals surface area contributed by atoms with Crippen molar-refractivity contribution in [2.24, 2.45) is 11.8 Å². The highest BCUT2D eigenvalue weighted by Gasteiger charge is 2.41. The number of nitrogens with one attached hydrogen (secondary N) is 1. The largest absolute Gasteiger partial charge is 0.314 e. The van der Waals surface area contributed by atoms with Gasteiger partial charge in [-0.25, -0.2) is 8.42 Å². The first-order valence-corrected chi connectivity index (χ1v) is 10.7. The number of sulfone groups is 1. The second kappa shape index (κ2) is 7.32. The minimum atomic E-state index is -2.83. The molecular weight excluding hydrogens is 308 g/mol. The lowest BCUT2D eigenvalue weighted by atomic mass is 9.98. The summed E-state index contributed by atoms with van der Waals surface area (Å²) < 4.78 is 22.4. The van der Waals surface area contributed by atoms with E-state index >= 15 is 0 Å². The molecule has 4 nitrogen and oxygen atoms in total. The van der Waals surface area contributed by atoms with Crippen molar-refractivity contribution in [1.82, 2.24) is 10.2 Å². The Morgan fingerprint density at radius 3 is 2.70 bits per heavy atom. The Morgan fingerprint density at radius 2 is 1.96 bits per heavy atom. The highest BCUT2D eigenvalue weighted by atomic mass is 32.2. The maximum absolute atomic E-state index is 11.2. The van der Waals surface area contributed by atoms with Crippen LogP contribution >= 0.6 is 0 Å². The number of hydrogen-bond donors (Lipinski definition) is 1. The summed E-state index contributed by atoms with van der Waals surface area (Å²) in [5, 5.41) is 3.62. The molecule has 3 rings (SSSR count). The molecule has 1 saturated carbocycles. The fraction of sp³-hybridized carbons (Fsp3) is 0.667. The lowest BCUT2D eigenvalue weighted by molar-refractivity contribution is 0.289. The van der Waals surface area contributed by atoms with Crippen molar-refractivity contribution >= 4 is 9.84 Å². The molecule has 2 fully saturated rings. The molecular formula is C18H28N2O2S. The number of benzene rings is 1. The number of likely N-dealkylation sites (tertiary alicyclic amines) is 1. The Hall–Kier alpha value is -0.910. The molecule has 1 N–H and O–H groups in total. The summed E-state index contributed by atoms with van der Waals surface area (Å²) in [4.78, 5) is 2.58. The Labute approximate surface area is 140 Å². The van der Waals surface area contributed by atoms with Crippen molar-refractivity contribution in [3.8, 4) is 0 Å². The summed E-state index contributed by atoms with van der Waals surface area (Å²) in [7, 11) is -2.83. The zero-order chi connectivity index (χ0) is 16.3. The van der Waals surface area contributed by atoms with E-state index in [-0.39, 0.29) is 0 Å². The SMILES string of the molecule is CS(=O)(=O)CCCN[C@@H]1CC[C@@H]2CN(Cc3ccccc3)C[C@H]21. The van der Waals surface area contributed by atoms with Gasteiger partial charge in [0.15, 0.2) is 0 Å². The van der Waals surface area contributed by atoms with Gasteiger partial charge < -0.3 is 5.32 Å². The molecule has 1 aliphatic carbocycles. The Bertz CT molecular complexity index is 603. The number of hydrogen-bond acceptors (Lipinski definition) is 4. The summed E-state index contributed by atoms with van der Waals surface area (Å²) in [5.41, 5.74) is 1.39. The van der Waals surface area contributed by atoms with Crippen LogP contribution in [-0.4, -0.2) is 51.0 Å². The van der Waals surface area contributed by atoms with Crippen LogP contribution in [0.15, 0.2) is 30.3 Å². The van der Waals surface area contributed by atoms with E-state index in [4.69, 9.17) is 0 Å². The van der Waals surface area contributed by atoms with Crippen LogP contribution in [0.4, 0.5) is 0 Å². The third-order valence-corrected chi connectivity index (χ3v) is 6.31. The predicted octanol–water partition coefficient (Wildman–Crippen LogP) is 1.92. The van der Waals surface area contributed by atoms with E-state index in [1.807, 2.05) is 0 Å². The van der Waals surface area contributed by atoms with E-state index in [1.165, 1.54) is 37.8 Å². The first kappa shape index (κ1) is 16.9. The molecule has 0 radical (unpaired) electrons. The van der Waals surface area contributed by atoms with Gasteiger partial charge in [-0.3, -0.25) is 4.90 Å². The predicted molar refractivity (Wildman–Crippen MR) is 94.1 cm³/mol. The van der Waals surface area contributed by atoms with Crippen molar-refractivity contribution in [3.63, 3.8) is 0 Å². The van der Waals surface area contributed by atoms with Gasteiger partial charge in [-0.15, -0.1) is 0 Å².